The number of benzene rings is 2. The van der Waals surface area contributed by atoms with E-state index in [1.807, 2.05) is 38.1 Å². The Hall–Kier alpha value is -2.01. The molecular formula is C16H20N2O2S. The van der Waals surface area contributed by atoms with Gasteiger partial charge in [-0.2, -0.15) is 0 Å². The van der Waals surface area contributed by atoms with Gasteiger partial charge < -0.3 is 5.73 Å². The van der Waals surface area contributed by atoms with Gasteiger partial charge in [-0.3, -0.25) is 4.31 Å². The Morgan fingerprint density at radius 2 is 1.71 bits per heavy atom. The summed E-state index contributed by atoms with van der Waals surface area (Å²) in [5.41, 5.74) is 8.75. The molecule has 0 bridgehead atoms. The molecule has 2 aromatic carbocycles. The van der Waals surface area contributed by atoms with Crippen molar-refractivity contribution in [2.45, 2.75) is 25.7 Å². The Morgan fingerprint density at radius 1 is 1.05 bits per heavy atom. The van der Waals surface area contributed by atoms with Crippen molar-refractivity contribution in [3.63, 3.8) is 0 Å². The quantitative estimate of drug-likeness (QED) is 0.883. The van der Waals surface area contributed by atoms with Crippen molar-refractivity contribution in [2.24, 2.45) is 0 Å². The van der Waals surface area contributed by atoms with E-state index in [0.717, 1.165) is 11.1 Å². The second-order valence-electron chi connectivity index (χ2n) is 4.97. The van der Waals surface area contributed by atoms with Crippen molar-refractivity contribution < 1.29 is 8.42 Å². The molecule has 112 valence electrons. The van der Waals surface area contributed by atoms with Crippen LogP contribution in [0.1, 0.15) is 18.1 Å². The van der Waals surface area contributed by atoms with Crippen LogP contribution >= 0.6 is 0 Å². The van der Waals surface area contributed by atoms with Crippen LogP contribution in [0.15, 0.2) is 47.4 Å². The Balaban J connectivity index is 2.55. The molecule has 0 atom stereocenters. The first-order valence-corrected chi connectivity index (χ1v) is 8.26. The summed E-state index contributed by atoms with van der Waals surface area (Å²) < 4.78 is 27.2. The number of nitrogens with zero attached hydrogens (tertiary/aromatic N) is 1. The summed E-state index contributed by atoms with van der Waals surface area (Å²) in [5, 5.41) is 0. The van der Waals surface area contributed by atoms with Crippen molar-refractivity contribution >= 4 is 21.4 Å². The van der Waals surface area contributed by atoms with Crippen molar-refractivity contribution in [1.82, 2.24) is 0 Å². The number of rotatable bonds is 4. The van der Waals surface area contributed by atoms with E-state index in [4.69, 9.17) is 5.73 Å². The van der Waals surface area contributed by atoms with E-state index in [9.17, 15) is 8.42 Å². The third kappa shape index (κ3) is 2.88. The summed E-state index contributed by atoms with van der Waals surface area (Å²) in [6.45, 7) is 5.91. The number of sulfonamides is 1. The van der Waals surface area contributed by atoms with Crippen LogP contribution in [0.25, 0.3) is 0 Å². The topological polar surface area (TPSA) is 63.4 Å². The average molecular weight is 304 g/mol. The highest BCUT2D eigenvalue weighted by molar-refractivity contribution is 7.92. The molecule has 0 heterocycles. The van der Waals surface area contributed by atoms with E-state index in [2.05, 4.69) is 0 Å². The first-order chi connectivity index (χ1) is 9.87. The Bertz CT molecular complexity index is 755. The van der Waals surface area contributed by atoms with Gasteiger partial charge in [0, 0.05) is 12.2 Å². The van der Waals surface area contributed by atoms with Gasteiger partial charge >= 0.3 is 0 Å². The smallest absolute Gasteiger partial charge is 0.264 e. The van der Waals surface area contributed by atoms with Crippen molar-refractivity contribution in [2.75, 3.05) is 16.6 Å². The first kappa shape index (κ1) is 15.4. The summed E-state index contributed by atoms with van der Waals surface area (Å²) in [6, 6.07) is 12.3. The standard InChI is InChI=1S/C16H20N2O2S/c1-4-18(16-8-6-5-7-12(16)2)21(19,20)14-9-10-15(17)13(3)11-14/h5-11H,4,17H2,1-3H3. The molecule has 5 heteroatoms. The number of hydrogen-bond acceptors (Lipinski definition) is 3. The highest BCUT2D eigenvalue weighted by Gasteiger charge is 2.24. The molecule has 0 aromatic heterocycles. The maximum absolute atomic E-state index is 12.9. The molecule has 2 aromatic rings. The van der Waals surface area contributed by atoms with E-state index in [-0.39, 0.29) is 4.90 Å². The Kier molecular flexibility index (Phi) is 4.23. The molecule has 0 saturated heterocycles. The van der Waals surface area contributed by atoms with Crippen LogP contribution in [0.2, 0.25) is 0 Å². The number of nitrogen functional groups attached to an aromatic ring is 1. The molecule has 0 aliphatic rings. The average Bonchev–Trinajstić information content (AvgIpc) is 2.44. The number of anilines is 2. The number of para-hydroxylation sites is 1. The van der Waals surface area contributed by atoms with Gasteiger partial charge in [0.25, 0.3) is 10.0 Å². The summed E-state index contributed by atoms with van der Waals surface area (Å²) in [6.07, 6.45) is 0. The SMILES string of the molecule is CCN(c1ccccc1C)S(=O)(=O)c1ccc(N)c(C)c1. The fraction of sp³-hybridized carbons (Fsp3) is 0.250. The van der Waals surface area contributed by atoms with Gasteiger partial charge in [-0.25, -0.2) is 8.42 Å². The van der Waals surface area contributed by atoms with Gasteiger partial charge in [-0.15, -0.1) is 0 Å². The lowest BCUT2D eigenvalue weighted by Crippen LogP contribution is -2.31. The highest BCUT2D eigenvalue weighted by atomic mass is 32.2. The van der Waals surface area contributed by atoms with Crippen molar-refractivity contribution in [3.8, 4) is 0 Å². The Labute approximate surface area is 126 Å². The van der Waals surface area contributed by atoms with Gasteiger partial charge in [0.15, 0.2) is 0 Å². The predicted molar refractivity (Wildman–Crippen MR) is 87.0 cm³/mol. The molecule has 2 N–H and O–H groups in total. The van der Waals surface area contributed by atoms with Gasteiger partial charge in [0.1, 0.15) is 0 Å². The fourth-order valence-electron chi connectivity index (χ4n) is 2.25. The van der Waals surface area contributed by atoms with Crippen LogP contribution in [0, 0.1) is 13.8 Å². The second-order valence-corrected chi connectivity index (χ2v) is 6.84. The molecule has 21 heavy (non-hydrogen) atoms. The fourth-order valence-corrected chi connectivity index (χ4v) is 3.87. The molecule has 0 amide bonds. The second kappa shape index (κ2) is 5.77. The molecule has 2 rings (SSSR count). The molecule has 4 nitrogen and oxygen atoms in total. The summed E-state index contributed by atoms with van der Waals surface area (Å²) in [4.78, 5) is 0.263. The van der Waals surface area contributed by atoms with Gasteiger partial charge in [0.2, 0.25) is 0 Å². The lowest BCUT2D eigenvalue weighted by atomic mass is 10.2. The molecule has 0 unspecified atom stereocenters. The maximum atomic E-state index is 12.9. The minimum atomic E-state index is -3.59. The predicted octanol–water partition coefficient (Wildman–Crippen LogP) is 3.10. The van der Waals surface area contributed by atoms with Crippen LogP contribution in [0.4, 0.5) is 11.4 Å². The molecule has 0 aliphatic heterocycles. The summed E-state index contributed by atoms with van der Waals surface area (Å²) in [5.74, 6) is 0. The van der Waals surface area contributed by atoms with Crippen LogP contribution in [-0.2, 0) is 10.0 Å². The van der Waals surface area contributed by atoms with Gasteiger partial charge in [0.05, 0.1) is 10.6 Å². The first-order valence-electron chi connectivity index (χ1n) is 6.82. The normalized spacial score (nSPS) is 11.4. The third-order valence-electron chi connectivity index (χ3n) is 3.50. The van der Waals surface area contributed by atoms with Gasteiger partial charge in [-0.1, -0.05) is 18.2 Å². The van der Waals surface area contributed by atoms with E-state index in [1.165, 1.54) is 4.31 Å². The zero-order valence-electron chi connectivity index (χ0n) is 12.5. The van der Waals surface area contributed by atoms with Crippen LogP contribution in [0.5, 0.6) is 0 Å². The number of aryl methyl sites for hydroxylation is 2. The molecule has 0 fully saturated rings. The minimum Gasteiger partial charge on any atom is -0.399 e. The highest BCUT2D eigenvalue weighted by Crippen LogP contribution is 2.27. The third-order valence-corrected chi connectivity index (χ3v) is 5.39. The van der Waals surface area contributed by atoms with E-state index in [1.54, 1.807) is 25.1 Å². The van der Waals surface area contributed by atoms with Crippen LogP contribution < -0.4 is 10.0 Å². The number of nitrogens with two attached hydrogens (primary N) is 1. The summed E-state index contributed by atoms with van der Waals surface area (Å²) in [7, 11) is -3.59. The zero-order valence-corrected chi connectivity index (χ0v) is 13.3. The largest absolute Gasteiger partial charge is 0.399 e. The molecule has 0 spiro atoms. The summed E-state index contributed by atoms with van der Waals surface area (Å²) >= 11 is 0. The number of hydrogen-bond donors (Lipinski definition) is 1. The lowest BCUT2D eigenvalue weighted by Gasteiger charge is -2.24. The molecule has 0 saturated carbocycles. The van der Waals surface area contributed by atoms with E-state index < -0.39 is 10.0 Å². The maximum Gasteiger partial charge on any atom is 0.264 e. The van der Waals surface area contributed by atoms with Crippen molar-refractivity contribution in [1.29, 1.82) is 0 Å². The van der Waals surface area contributed by atoms with Gasteiger partial charge in [-0.05, 0) is 56.2 Å². The van der Waals surface area contributed by atoms with Crippen LogP contribution in [-0.4, -0.2) is 15.0 Å². The molecule has 0 radical (unpaired) electrons. The monoisotopic (exact) mass is 304 g/mol. The minimum absolute atomic E-state index is 0.263. The Morgan fingerprint density at radius 3 is 2.29 bits per heavy atom. The van der Waals surface area contributed by atoms with E-state index in [0.29, 0.717) is 17.9 Å². The molecular weight excluding hydrogens is 284 g/mol. The van der Waals surface area contributed by atoms with E-state index >= 15 is 0 Å². The molecule has 0 aliphatic carbocycles. The lowest BCUT2D eigenvalue weighted by molar-refractivity contribution is 0.591. The zero-order chi connectivity index (χ0) is 15.6. The van der Waals surface area contributed by atoms with Crippen LogP contribution in [0.3, 0.4) is 0 Å². The van der Waals surface area contributed by atoms with Crippen molar-refractivity contribution in [3.05, 3.63) is 53.6 Å².